The topological polar surface area (TPSA) is 70.2 Å². The lowest BCUT2D eigenvalue weighted by Gasteiger charge is -2.06. The molecule has 0 amide bonds. The molecule has 0 saturated carbocycles. The summed E-state index contributed by atoms with van der Waals surface area (Å²) < 4.78 is 11.9. The van der Waals surface area contributed by atoms with Crippen molar-refractivity contribution in [2.75, 3.05) is 7.11 Å². The number of rotatable bonds is 5. The normalized spacial score (nSPS) is 10.8. The van der Waals surface area contributed by atoms with Crippen LogP contribution < -0.4 is 0 Å². The second kappa shape index (κ2) is 6.92. The van der Waals surface area contributed by atoms with Crippen molar-refractivity contribution in [1.82, 2.24) is 14.8 Å². The Morgan fingerprint density at radius 3 is 2.83 bits per heavy atom. The van der Waals surface area contributed by atoms with Crippen LogP contribution in [0.15, 0.2) is 46.2 Å². The molecule has 3 aromatic rings. The molecule has 2 heterocycles. The maximum Gasteiger partial charge on any atom is 0.374 e. The molecule has 1 aromatic carbocycles. The minimum absolute atomic E-state index is 0.228. The molecule has 124 valence electrons. The maximum atomic E-state index is 11.6. The summed E-state index contributed by atoms with van der Waals surface area (Å²) >= 11 is 1.49. The van der Waals surface area contributed by atoms with Crippen molar-refractivity contribution in [1.29, 1.82) is 0 Å². The van der Waals surface area contributed by atoms with Gasteiger partial charge in [0, 0.05) is 23.9 Å². The van der Waals surface area contributed by atoms with Gasteiger partial charge in [0.05, 0.1) is 13.4 Å². The number of nitrogens with zero attached hydrogens (tertiary/aromatic N) is 3. The average Bonchev–Trinajstić information content (AvgIpc) is 3.20. The third kappa shape index (κ3) is 3.07. The summed E-state index contributed by atoms with van der Waals surface area (Å²) in [6, 6.07) is 9.82. The van der Waals surface area contributed by atoms with Crippen LogP contribution in [0.4, 0.5) is 0 Å². The molecule has 0 aliphatic rings. The molecule has 0 N–H and O–H groups in total. The van der Waals surface area contributed by atoms with E-state index in [1.165, 1.54) is 25.1 Å². The Hall–Kier alpha value is -2.54. The summed E-state index contributed by atoms with van der Waals surface area (Å²) in [7, 11) is 3.26. The Morgan fingerprint density at radius 1 is 1.29 bits per heavy atom. The van der Waals surface area contributed by atoms with Gasteiger partial charge in [-0.2, -0.15) is 0 Å². The Kier molecular flexibility index (Phi) is 4.71. The van der Waals surface area contributed by atoms with E-state index in [4.69, 9.17) is 9.15 Å². The predicted octanol–water partition coefficient (Wildman–Crippen LogP) is 3.46. The first-order chi connectivity index (χ1) is 11.6. The smallest absolute Gasteiger partial charge is 0.374 e. The predicted molar refractivity (Wildman–Crippen MR) is 90.8 cm³/mol. The lowest BCUT2D eigenvalue weighted by atomic mass is 10.1. The van der Waals surface area contributed by atoms with Gasteiger partial charge in [-0.05, 0) is 18.6 Å². The van der Waals surface area contributed by atoms with Crippen LogP contribution in [0, 0.1) is 6.92 Å². The fourth-order valence-corrected chi connectivity index (χ4v) is 3.25. The van der Waals surface area contributed by atoms with Crippen LogP contribution in [0.25, 0.3) is 11.4 Å². The fourth-order valence-electron chi connectivity index (χ4n) is 2.36. The quantitative estimate of drug-likeness (QED) is 0.522. The first-order valence-electron chi connectivity index (χ1n) is 7.34. The Morgan fingerprint density at radius 2 is 2.08 bits per heavy atom. The number of esters is 1. The second-order valence-electron chi connectivity index (χ2n) is 5.24. The third-order valence-corrected chi connectivity index (χ3v) is 4.76. The van der Waals surface area contributed by atoms with E-state index in [2.05, 4.69) is 10.2 Å². The van der Waals surface area contributed by atoms with Gasteiger partial charge in [-0.25, -0.2) is 4.79 Å². The number of thioether (sulfide) groups is 1. The van der Waals surface area contributed by atoms with Crippen molar-refractivity contribution in [2.45, 2.75) is 17.8 Å². The van der Waals surface area contributed by atoms with E-state index in [9.17, 15) is 4.79 Å². The second-order valence-corrected chi connectivity index (χ2v) is 6.18. The molecule has 0 aliphatic heterocycles. The number of hydrogen-bond acceptors (Lipinski definition) is 6. The zero-order valence-corrected chi connectivity index (χ0v) is 14.5. The van der Waals surface area contributed by atoms with Crippen molar-refractivity contribution < 1.29 is 13.9 Å². The third-order valence-electron chi connectivity index (χ3n) is 3.70. The van der Waals surface area contributed by atoms with E-state index in [0.717, 1.165) is 27.7 Å². The largest absolute Gasteiger partial charge is 0.463 e. The van der Waals surface area contributed by atoms with Gasteiger partial charge in [0.15, 0.2) is 11.0 Å². The number of furan rings is 1. The molecular formula is C17H17N3O3S. The number of carbonyl (C=O) groups excluding carboxylic acids is 1. The summed E-state index contributed by atoms with van der Waals surface area (Å²) in [5, 5.41) is 9.32. The van der Waals surface area contributed by atoms with Gasteiger partial charge in [-0.15, -0.1) is 10.2 Å². The van der Waals surface area contributed by atoms with Crippen molar-refractivity contribution >= 4 is 17.7 Å². The number of ether oxygens (including phenoxy) is 1. The Balaban J connectivity index is 1.80. The number of benzene rings is 1. The summed E-state index contributed by atoms with van der Waals surface area (Å²) in [5.74, 6) is 1.11. The summed E-state index contributed by atoms with van der Waals surface area (Å²) in [6.07, 6.45) is 1.48. The fraction of sp³-hybridized carbons (Fsp3) is 0.235. The number of aryl methyl sites for hydroxylation is 1. The molecule has 7 heteroatoms. The highest BCUT2D eigenvalue weighted by molar-refractivity contribution is 7.98. The van der Waals surface area contributed by atoms with Crippen LogP contribution in [0.2, 0.25) is 0 Å². The van der Waals surface area contributed by atoms with E-state index >= 15 is 0 Å². The summed E-state index contributed by atoms with van der Waals surface area (Å²) in [4.78, 5) is 11.6. The molecule has 2 aromatic heterocycles. The van der Waals surface area contributed by atoms with E-state index in [-0.39, 0.29) is 5.76 Å². The highest BCUT2D eigenvalue weighted by Crippen LogP contribution is 2.28. The van der Waals surface area contributed by atoms with Gasteiger partial charge in [0.25, 0.3) is 0 Å². The minimum Gasteiger partial charge on any atom is -0.463 e. The van der Waals surface area contributed by atoms with Gasteiger partial charge in [0.1, 0.15) is 0 Å². The van der Waals surface area contributed by atoms with E-state index in [0.29, 0.717) is 5.75 Å². The lowest BCUT2D eigenvalue weighted by molar-refractivity contribution is 0.0564. The van der Waals surface area contributed by atoms with Crippen LogP contribution in [0.1, 0.15) is 21.7 Å². The number of aromatic nitrogens is 3. The van der Waals surface area contributed by atoms with Crippen molar-refractivity contribution in [3.8, 4) is 11.4 Å². The molecule has 24 heavy (non-hydrogen) atoms. The first-order valence-corrected chi connectivity index (χ1v) is 8.33. The van der Waals surface area contributed by atoms with E-state index in [1.807, 2.05) is 42.8 Å². The molecule has 0 saturated heterocycles. The standard InChI is InChI=1S/C17H17N3O3S/c1-11-6-4-5-7-13(11)15-18-19-17(20(15)2)24-10-12-8-9-23-14(12)16(21)22-3/h4-9H,10H2,1-3H3. The van der Waals surface area contributed by atoms with Gasteiger partial charge in [0.2, 0.25) is 5.76 Å². The lowest BCUT2D eigenvalue weighted by Crippen LogP contribution is -2.02. The van der Waals surface area contributed by atoms with Crippen molar-refractivity contribution in [3.63, 3.8) is 0 Å². The molecule has 0 aliphatic carbocycles. The molecule has 6 nitrogen and oxygen atoms in total. The maximum absolute atomic E-state index is 11.6. The first kappa shape index (κ1) is 16.3. The Bertz CT molecular complexity index is 870. The number of hydrogen-bond donors (Lipinski definition) is 0. The number of carbonyl (C=O) groups is 1. The Labute approximate surface area is 143 Å². The monoisotopic (exact) mass is 343 g/mol. The van der Waals surface area contributed by atoms with Gasteiger partial charge >= 0.3 is 5.97 Å². The molecule has 0 bridgehead atoms. The molecular weight excluding hydrogens is 326 g/mol. The van der Waals surface area contributed by atoms with Crippen LogP contribution in [0.3, 0.4) is 0 Å². The molecule has 0 atom stereocenters. The van der Waals surface area contributed by atoms with Crippen LogP contribution in [0.5, 0.6) is 0 Å². The molecule has 0 unspecified atom stereocenters. The zero-order valence-electron chi connectivity index (χ0n) is 13.6. The molecule has 0 radical (unpaired) electrons. The van der Waals surface area contributed by atoms with Crippen molar-refractivity contribution in [2.24, 2.45) is 7.05 Å². The summed E-state index contributed by atoms with van der Waals surface area (Å²) in [5.41, 5.74) is 2.97. The van der Waals surface area contributed by atoms with Crippen LogP contribution in [-0.2, 0) is 17.5 Å². The van der Waals surface area contributed by atoms with Gasteiger partial charge in [-0.3, -0.25) is 0 Å². The highest BCUT2D eigenvalue weighted by atomic mass is 32.2. The zero-order chi connectivity index (χ0) is 17.1. The SMILES string of the molecule is COC(=O)c1occc1CSc1nnc(-c2ccccc2C)n1C. The van der Waals surface area contributed by atoms with E-state index < -0.39 is 5.97 Å². The van der Waals surface area contributed by atoms with E-state index in [1.54, 1.807) is 6.07 Å². The van der Waals surface area contributed by atoms with Crippen LogP contribution in [-0.4, -0.2) is 27.8 Å². The van der Waals surface area contributed by atoms with Crippen LogP contribution >= 0.6 is 11.8 Å². The number of methoxy groups -OCH3 is 1. The highest BCUT2D eigenvalue weighted by Gasteiger charge is 2.18. The minimum atomic E-state index is -0.478. The molecule has 0 spiro atoms. The van der Waals surface area contributed by atoms with Gasteiger partial charge < -0.3 is 13.7 Å². The van der Waals surface area contributed by atoms with Crippen molar-refractivity contribution in [3.05, 3.63) is 53.5 Å². The average molecular weight is 343 g/mol. The molecule has 0 fully saturated rings. The van der Waals surface area contributed by atoms with Gasteiger partial charge in [-0.1, -0.05) is 36.0 Å². The molecule has 3 rings (SSSR count). The summed E-state index contributed by atoms with van der Waals surface area (Å²) in [6.45, 7) is 2.05.